The van der Waals surface area contributed by atoms with Crippen molar-refractivity contribution < 1.29 is 19.5 Å². The van der Waals surface area contributed by atoms with Crippen LogP contribution in [0.25, 0.3) is 0 Å². The van der Waals surface area contributed by atoms with E-state index in [0.29, 0.717) is 12.0 Å². The molecule has 14 heavy (non-hydrogen) atoms. The van der Waals surface area contributed by atoms with Crippen LogP contribution in [0.1, 0.15) is 19.8 Å². The Morgan fingerprint density at radius 3 is 2.71 bits per heavy atom. The van der Waals surface area contributed by atoms with Crippen molar-refractivity contribution in [1.29, 1.82) is 5.26 Å². The topological polar surface area (TPSA) is 99.4 Å². The van der Waals surface area contributed by atoms with Crippen LogP contribution < -0.4 is 5.48 Å². The molecule has 0 saturated heterocycles. The molecule has 0 heterocycles. The quantitative estimate of drug-likeness (QED) is 0.375. The molecule has 0 atom stereocenters. The maximum absolute atomic E-state index is 10.6. The number of carboxylic acid groups (broad SMARTS) is 1. The lowest BCUT2D eigenvalue weighted by Crippen LogP contribution is -2.17. The molecule has 0 aliphatic carbocycles. The Labute approximate surface area is 80.7 Å². The summed E-state index contributed by atoms with van der Waals surface area (Å²) in [7, 11) is 0. The monoisotopic (exact) mass is 198 g/mol. The van der Waals surface area contributed by atoms with Gasteiger partial charge in [0.15, 0.2) is 0 Å². The third kappa shape index (κ3) is 5.60. The van der Waals surface area contributed by atoms with Crippen molar-refractivity contribution in [3.63, 3.8) is 0 Å². The number of aliphatic carboxylic acids is 1. The Morgan fingerprint density at radius 1 is 1.64 bits per heavy atom. The maximum atomic E-state index is 10.6. The van der Waals surface area contributed by atoms with Gasteiger partial charge < -0.3 is 9.94 Å². The van der Waals surface area contributed by atoms with Gasteiger partial charge in [-0.15, -0.1) is 0 Å². The second kappa shape index (κ2) is 6.48. The average Bonchev–Trinajstić information content (AvgIpc) is 2.11. The van der Waals surface area contributed by atoms with Crippen LogP contribution >= 0.6 is 0 Å². The van der Waals surface area contributed by atoms with Gasteiger partial charge in [-0.1, -0.05) is 6.92 Å². The molecule has 0 aromatic heterocycles. The van der Waals surface area contributed by atoms with Gasteiger partial charge in [0.25, 0.3) is 0 Å². The lowest BCUT2D eigenvalue weighted by molar-refractivity contribution is -0.155. The molecule has 0 radical (unpaired) electrons. The number of nitrogens with zero attached hydrogens (tertiary/aromatic N) is 1. The fourth-order valence-electron chi connectivity index (χ4n) is 0.539. The van der Waals surface area contributed by atoms with Gasteiger partial charge in [0.1, 0.15) is 6.42 Å². The van der Waals surface area contributed by atoms with Crippen molar-refractivity contribution in [3.05, 3.63) is 11.8 Å². The molecule has 76 valence electrons. The minimum Gasteiger partial charge on any atom is -0.481 e. The fraction of sp³-hybridized carbons (Fsp3) is 0.375. The van der Waals surface area contributed by atoms with Crippen molar-refractivity contribution in [1.82, 2.24) is 5.48 Å². The highest BCUT2D eigenvalue weighted by molar-refractivity contribution is 5.89. The van der Waals surface area contributed by atoms with Crippen LogP contribution in [0.5, 0.6) is 0 Å². The summed E-state index contributed by atoms with van der Waals surface area (Å²) in [6.07, 6.45) is 0.995. The predicted octanol–water partition coefficient (Wildman–Crippen LogP) is 0.326. The summed E-state index contributed by atoms with van der Waals surface area (Å²) < 4.78 is 0. The van der Waals surface area contributed by atoms with Crippen LogP contribution in [0.2, 0.25) is 0 Å². The first kappa shape index (κ1) is 12.0. The van der Waals surface area contributed by atoms with Gasteiger partial charge in [-0.2, -0.15) is 5.26 Å². The Bertz CT molecular complexity index is 290. The zero-order valence-electron chi connectivity index (χ0n) is 7.61. The van der Waals surface area contributed by atoms with E-state index < -0.39 is 18.4 Å². The average molecular weight is 198 g/mol. The van der Waals surface area contributed by atoms with Gasteiger partial charge in [0, 0.05) is 11.8 Å². The van der Waals surface area contributed by atoms with Crippen molar-refractivity contribution >= 4 is 11.9 Å². The largest absolute Gasteiger partial charge is 0.481 e. The number of carbonyl (C=O) groups is 2. The van der Waals surface area contributed by atoms with Crippen LogP contribution in [-0.4, -0.2) is 17.0 Å². The lowest BCUT2D eigenvalue weighted by atomic mass is 10.2. The molecule has 6 heteroatoms. The number of hydrogen-bond donors (Lipinski definition) is 2. The van der Waals surface area contributed by atoms with Crippen LogP contribution in [-0.2, 0) is 14.4 Å². The molecule has 0 spiro atoms. The van der Waals surface area contributed by atoms with E-state index in [1.165, 1.54) is 6.20 Å². The molecular weight excluding hydrogens is 188 g/mol. The third-order valence-electron chi connectivity index (χ3n) is 1.23. The summed E-state index contributed by atoms with van der Waals surface area (Å²) in [6, 6.07) is 1.86. The molecule has 2 N–H and O–H groups in total. The Hall–Kier alpha value is -2.03. The van der Waals surface area contributed by atoms with E-state index in [1.54, 1.807) is 6.92 Å². The molecular formula is C8H10N2O4. The minimum atomic E-state index is -1.27. The van der Waals surface area contributed by atoms with E-state index in [-0.39, 0.29) is 0 Å². The number of nitrogens with one attached hydrogen (secondary N) is 1. The highest BCUT2D eigenvalue weighted by Crippen LogP contribution is 1.95. The molecule has 0 aliphatic heterocycles. The summed E-state index contributed by atoms with van der Waals surface area (Å²) in [5.41, 5.74) is 2.49. The molecule has 0 rings (SSSR count). The first-order valence-corrected chi connectivity index (χ1v) is 3.86. The number of allylic oxidation sites excluding steroid dienone is 1. The van der Waals surface area contributed by atoms with Crippen LogP contribution in [0.15, 0.2) is 11.8 Å². The molecule has 0 aliphatic rings. The Morgan fingerprint density at radius 2 is 2.29 bits per heavy atom. The molecule has 0 bridgehead atoms. The SMILES string of the molecule is CCC(C#N)=CNOC(=O)CC(=O)O. The normalized spacial score (nSPS) is 10.1. The zero-order valence-corrected chi connectivity index (χ0v) is 7.61. The zero-order chi connectivity index (χ0) is 11.0. The first-order valence-electron chi connectivity index (χ1n) is 3.86. The summed E-state index contributed by atoms with van der Waals surface area (Å²) in [5.74, 6) is -2.18. The standard InChI is InChI=1S/C8H10N2O4/c1-2-6(4-9)5-10-14-8(13)3-7(11)12/h5,10H,2-3H2,1H3,(H,11,12). The number of hydrogen-bond acceptors (Lipinski definition) is 5. The summed E-state index contributed by atoms with van der Waals surface area (Å²) in [6.45, 7) is 1.76. The number of rotatable bonds is 5. The van der Waals surface area contributed by atoms with E-state index in [0.717, 1.165) is 0 Å². The summed E-state index contributed by atoms with van der Waals surface area (Å²) >= 11 is 0. The van der Waals surface area contributed by atoms with Crippen LogP contribution in [0.4, 0.5) is 0 Å². The Balaban J connectivity index is 3.85. The molecule has 0 amide bonds. The molecule has 0 saturated carbocycles. The number of carbonyl (C=O) groups excluding carboxylic acids is 1. The van der Waals surface area contributed by atoms with E-state index in [4.69, 9.17) is 10.4 Å². The van der Waals surface area contributed by atoms with Crippen molar-refractivity contribution in [2.75, 3.05) is 0 Å². The molecule has 0 aromatic carbocycles. The van der Waals surface area contributed by atoms with Crippen molar-refractivity contribution in [2.24, 2.45) is 0 Å². The van der Waals surface area contributed by atoms with Gasteiger partial charge in [-0.3, -0.25) is 4.79 Å². The smallest absolute Gasteiger partial charge is 0.343 e. The third-order valence-corrected chi connectivity index (χ3v) is 1.23. The molecule has 6 nitrogen and oxygen atoms in total. The highest BCUT2D eigenvalue weighted by Gasteiger charge is 2.07. The first-order chi connectivity index (χ1) is 6.60. The molecule has 0 aromatic rings. The fourth-order valence-corrected chi connectivity index (χ4v) is 0.539. The van der Waals surface area contributed by atoms with E-state index >= 15 is 0 Å². The van der Waals surface area contributed by atoms with Crippen LogP contribution in [0, 0.1) is 11.3 Å². The minimum absolute atomic E-state index is 0.396. The second-order valence-corrected chi connectivity index (χ2v) is 2.30. The summed E-state index contributed by atoms with van der Waals surface area (Å²) in [5, 5.41) is 16.6. The van der Waals surface area contributed by atoms with Gasteiger partial charge in [-0.05, 0) is 6.42 Å². The van der Waals surface area contributed by atoms with E-state index in [2.05, 4.69) is 10.3 Å². The van der Waals surface area contributed by atoms with Gasteiger partial charge in [-0.25, -0.2) is 10.3 Å². The second-order valence-electron chi connectivity index (χ2n) is 2.30. The number of hydroxylamine groups is 1. The van der Waals surface area contributed by atoms with Crippen molar-refractivity contribution in [3.8, 4) is 6.07 Å². The van der Waals surface area contributed by atoms with Crippen molar-refractivity contribution in [2.45, 2.75) is 19.8 Å². The van der Waals surface area contributed by atoms with Crippen LogP contribution in [0.3, 0.4) is 0 Å². The maximum Gasteiger partial charge on any atom is 0.343 e. The van der Waals surface area contributed by atoms with E-state index in [1.807, 2.05) is 6.07 Å². The predicted molar refractivity (Wildman–Crippen MR) is 45.5 cm³/mol. The summed E-state index contributed by atoms with van der Waals surface area (Å²) in [4.78, 5) is 24.9. The number of nitriles is 1. The van der Waals surface area contributed by atoms with Gasteiger partial charge >= 0.3 is 11.9 Å². The Kier molecular flexibility index (Phi) is 5.54. The lowest BCUT2D eigenvalue weighted by Gasteiger charge is -2.00. The molecule has 0 unspecified atom stereocenters. The highest BCUT2D eigenvalue weighted by atomic mass is 16.7. The van der Waals surface area contributed by atoms with Gasteiger partial charge in [0.2, 0.25) is 0 Å². The number of carboxylic acids is 1. The van der Waals surface area contributed by atoms with Gasteiger partial charge in [0.05, 0.1) is 6.07 Å². The molecule has 0 fully saturated rings. The van der Waals surface area contributed by atoms with E-state index in [9.17, 15) is 9.59 Å².